The van der Waals surface area contributed by atoms with E-state index in [1.165, 1.54) is 24.3 Å². The van der Waals surface area contributed by atoms with Gasteiger partial charge in [-0.15, -0.1) is 0 Å². The van der Waals surface area contributed by atoms with Gasteiger partial charge >= 0.3 is 6.03 Å². The van der Waals surface area contributed by atoms with E-state index in [0.717, 1.165) is 11.3 Å². The molecule has 3 N–H and O–H groups in total. The van der Waals surface area contributed by atoms with E-state index < -0.39 is 12.1 Å². The molecular formula is C18H18FN3O3. The smallest absolute Gasteiger partial charge is 0.319 e. The van der Waals surface area contributed by atoms with Gasteiger partial charge in [0.05, 0.1) is 7.11 Å². The number of hydrogen-bond donors (Lipinski definition) is 3. The number of ether oxygens (including phenoxy) is 1. The summed E-state index contributed by atoms with van der Waals surface area (Å²) in [5.41, 5.74) is 1.37. The van der Waals surface area contributed by atoms with Crippen LogP contribution < -0.4 is 20.7 Å². The van der Waals surface area contributed by atoms with Crippen molar-refractivity contribution in [2.45, 2.75) is 12.0 Å². The van der Waals surface area contributed by atoms with E-state index in [2.05, 4.69) is 16.0 Å². The summed E-state index contributed by atoms with van der Waals surface area (Å²) in [5.74, 6) is -0.0901. The summed E-state index contributed by atoms with van der Waals surface area (Å²) >= 11 is 0. The standard InChI is InChI=1S/C18H18FN3O3/c1-25-14-8-2-11(3-9-14)15-10-20-17(23)16(15)22-18(24)21-13-6-4-12(19)5-7-13/h2-9,15-16H,10H2,1H3,(H,20,23)(H2,21,22,24)/t15?,16-/m1/s1. The van der Waals surface area contributed by atoms with Crippen molar-refractivity contribution in [1.82, 2.24) is 10.6 Å². The molecule has 0 aromatic heterocycles. The first-order valence-electron chi connectivity index (χ1n) is 7.81. The maximum Gasteiger partial charge on any atom is 0.319 e. The topological polar surface area (TPSA) is 79.5 Å². The van der Waals surface area contributed by atoms with E-state index in [1.807, 2.05) is 24.3 Å². The molecule has 2 aromatic carbocycles. The summed E-state index contributed by atoms with van der Waals surface area (Å²) in [6, 6.07) is 11.6. The predicted molar refractivity (Wildman–Crippen MR) is 91.1 cm³/mol. The van der Waals surface area contributed by atoms with Crippen LogP contribution in [0.25, 0.3) is 0 Å². The zero-order valence-corrected chi connectivity index (χ0v) is 13.6. The van der Waals surface area contributed by atoms with E-state index in [9.17, 15) is 14.0 Å². The van der Waals surface area contributed by atoms with Crippen molar-refractivity contribution in [3.05, 3.63) is 59.9 Å². The Morgan fingerprint density at radius 3 is 2.48 bits per heavy atom. The number of halogens is 1. The Morgan fingerprint density at radius 2 is 1.84 bits per heavy atom. The molecule has 1 fully saturated rings. The number of rotatable bonds is 4. The van der Waals surface area contributed by atoms with Gasteiger partial charge in [0, 0.05) is 18.2 Å². The van der Waals surface area contributed by atoms with Gasteiger partial charge in [0.15, 0.2) is 0 Å². The quantitative estimate of drug-likeness (QED) is 0.796. The molecule has 25 heavy (non-hydrogen) atoms. The Kier molecular flexibility index (Phi) is 4.83. The maximum atomic E-state index is 12.9. The molecule has 1 aliphatic heterocycles. The Balaban J connectivity index is 1.68. The van der Waals surface area contributed by atoms with Crippen LogP contribution in [0, 0.1) is 5.82 Å². The van der Waals surface area contributed by atoms with Crippen LogP contribution in [-0.2, 0) is 4.79 Å². The van der Waals surface area contributed by atoms with Gasteiger partial charge in [0.25, 0.3) is 0 Å². The van der Waals surface area contributed by atoms with Crippen molar-refractivity contribution < 1.29 is 18.7 Å². The van der Waals surface area contributed by atoms with Crippen LogP contribution in [0.2, 0.25) is 0 Å². The minimum absolute atomic E-state index is 0.183. The molecule has 3 amide bonds. The highest BCUT2D eigenvalue weighted by Crippen LogP contribution is 2.25. The predicted octanol–water partition coefficient (Wildman–Crippen LogP) is 2.24. The largest absolute Gasteiger partial charge is 0.497 e. The second-order valence-electron chi connectivity index (χ2n) is 5.71. The van der Waals surface area contributed by atoms with Gasteiger partial charge in [0.2, 0.25) is 5.91 Å². The molecule has 1 aliphatic rings. The number of nitrogens with one attached hydrogen (secondary N) is 3. The SMILES string of the molecule is COc1ccc(C2CNC(=O)[C@@H]2NC(=O)Nc2ccc(F)cc2)cc1. The monoisotopic (exact) mass is 343 g/mol. The van der Waals surface area contributed by atoms with Gasteiger partial charge < -0.3 is 20.7 Å². The van der Waals surface area contributed by atoms with E-state index in [0.29, 0.717) is 12.2 Å². The fourth-order valence-electron chi connectivity index (χ4n) is 2.79. The molecule has 130 valence electrons. The lowest BCUT2D eigenvalue weighted by Gasteiger charge is -2.19. The Morgan fingerprint density at radius 1 is 1.16 bits per heavy atom. The van der Waals surface area contributed by atoms with Crippen LogP contribution in [0.3, 0.4) is 0 Å². The molecule has 7 heteroatoms. The molecule has 0 radical (unpaired) electrons. The van der Waals surface area contributed by atoms with Gasteiger partial charge in [-0.2, -0.15) is 0 Å². The van der Waals surface area contributed by atoms with E-state index in [1.54, 1.807) is 7.11 Å². The number of carbonyl (C=O) groups is 2. The molecule has 3 rings (SSSR count). The number of methoxy groups -OCH3 is 1. The summed E-state index contributed by atoms with van der Waals surface area (Å²) in [7, 11) is 1.58. The second kappa shape index (κ2) is 7.21. The van der Waals surface area contributed by atoms with Crippen molar-refractivity contribution in [3.8, 4) is 5.75 Å². The third-order valence-corrected chi connectivity index (χ3v) is 4.11. The fraction of sp³-hybridized carbons (Fsp3) is 0.222. The molecule has 0 saturated carbocycles. The minimum Gasteiger partial charge on any atom is -0.497 e. The summed E-state index contributed by atoms with van der Waals surface area (Å²) in [5, 5.41) is 8.03. The van der Waals surface area contributed by atoms with Crippen LogP contribution >= 0.6 is 0 Å². The lowest BCUT2D eigenvalue weighted by atomic mass is 9.94. The molecule has 0 spiro atoms. The van der Waals surface area contributed by atoms with Crippen molar-refractivity contribution in [3.63, 3.8) is 0 Å². The normalized spacial score (nSPS) is 19.2. The molecule has 0 bridgehead atoms. The fourth-order valence-corrected chi connectivity index (χ4v) is 2.79. The molecular weight excluding hydrogens is 325 g/mol. The summed E-state index contributed by atoms with van der Waals surface area (Å²) < 4.78 is 18.0. The van der Waals surface area contributed by atoms with Crippen molar-refractivity contribution >= 4 is 17.6 Å². The number of benzene rings is 2. The minimum atomic E-state index is -0.686. The molecule has 2 aromatic rings. The van der Waals surface area contributed by atoms with Crippen LogP contribution in [-0.4, -0.2) is 31.6 Å². The highest BCUT2D eigenvalue weighted by Gasteiger charge is 2.36. The third kappa shape index (κ3) is 3.88. The van der Waals surface area contributed by atoms with Gasteiger partial charge in [-0.1, -0.05) is 12.1 Å². The summed E-state index contributed by atoms with van der Waals surface area (Å²) in [6.07, 6.45) is 0. The number of urea groups is 1. The number of carbonyl (C=O) groups excluding carboxylic acids is 2. The molecule has 1 heterocycles. The molecule has 0 aliphatic carbocycles. The average molecular weight is 343 g/mol. The van der Waals surface area contributed by atoms with Gasteiger partial charge in [-0.25, -0.2) is 9.18 Å². The zero-order valence-electron chi connectivity index (χ0n) is 13.6. The molecule has 6 nitrogen and oxygen atoms in total. The number of amides is 3. The van der Waals surface area contributed by atoms with Crippen molar-refractivity contribution in [2.75, 3.05) is 19.0 Å². The summed E-state index contributed by atoms with van der Waals surface area (Å²) in [6.45, 7) is 0.437. The Labute approximate surface area is 144 Å². The lowest BCUT2D eigenvalue weighted by molar-refractivity contribution is -0.120. The van der Waals surface area contributed by atoms with Crippen molar-refractivity contribution in [1.29, 1.82) is 0 Å². The number of hydrogen-bond acceptors (Lipinski definition) is 3. The third-order valence-electron chi connectivity index (χ3n) is 4.11. The van der Waals surface area contributed by atoms with Gasteiger partial charge in [-0.05, 0) is 42.0 Å². The Bertz CT molecular complexity index is 762. The molecule has 1 saturated heterocycles. The van der Waals surface area contributed by atoms with Gasteiger partial charge in [0.1, 0.15) is 17.6 Å². The van der Waals surface area contributed by atoms with E-state index in [4.69, 9.17) is 4.74 Å². The van der Waals surface area contributed by atoms with E-state index in [-0.39, 0.29) is 17.6 Å². The second-order valence-corrected chi connectivity index (χ2v) is 5.71. The van der Waals surface area contributed by atoms with Crippen LogP contribution in [0.4, 0.5) is 14.9 Å². The lowest BCUT2D eigenvalue weighted by Crippen LogP contribution is -2.44. The Hall–Kier alpha value is -3.09. The van der Waals surface area contributed by atoms with Crippen LogP contribution in [0.1, 0.15) is 11.5 Å². The first-order valence-corrected chi connectivity index (χ1v) is 7.81. The average Bonchev–Trinajstić information content (AvgIpc) is 2.98. The summed E-state index contributed by atoms with van der Waals surface area (Å²) in [4.78, 5) is 24.2. The van der Waals surface area contributed by atoms with Crippen molar-refractivity contribution in [2.24, 2.45) is 0 Å². The van der Waals surface area contributed by atoms with Crippen LogP contribution in [0.5, 0.6) is 5.75 Å². The first-order chi connectivity index (χ1) is 12.1. The van der Waals surface area contributed by atoms with Crippen LogP contribution in [0.15, 0.2) is 48.5 Å². The number of anilines is 1. The molecule has 2 atom stereocenters. The first kappa shape index (κ1) is 16.8. The van der Waals surface area contributed by atoms with Gasteiger partial charge in [-0.3, -0.25) is 4.79 Å². The van der Waals surface area contributed by atoms with E-state index >= 15 is 0 Å². The molecule has 1 unspecified atom stereocenters. The maximum absolute atomic E-state index is 12.9. The highest BCUT2D eigenvalue weighted by molar-refractivity contribution is 5.95. The highest BCUT2D eigenvalue weighted by atomic mass is 19.1. The zero-order chi connectivity index (χ0) is 17.8.